The van der Waals surface area contributed by atoms with Gasteiger partial charge in [0.25, 0.3) is 0 Å². The molecule has 1 saturated carbocycles. The minimum atomic E-state index is -0.484. The highest BCUT2D eigenvalue weighted by Crippen LogP contribution is 2.26. The van der Waals surface area contributed by atoms with E-state index in [2.05, 4.69) is 11.9 Å². The fourth-order valence-corrected chi connectivity index (χ4v) is 2.68. The van der Waals surface area contributed by atoms with E-state index in [0.717, 1.165) is 5.56 Å². The van der Waals surface area contributed by atoms with Crippen molar-refractivity contribution in [2.24, 2.45) is 0 Å². The van der Waals surface area contributed by atoms with Gasteiger partial charge in [0.1, 0.15) is 0 Å². The van der Waals surface area contributed by atoms with Crippen molar-refractivity contribution >= 4 is 5.69 Å². The summed E-state index contributed by atoms with van der Waals surface area (Å²) in [4.78, 5) is 2.27. The first kappa shape index (κ1) is 12.4. The summed E-state index contributed by atoms with van der Waals surface area (Å²) in [5.74, 6) is 0. The van der Waals surface area contributed by atoms with Crippen LogP contribution in [0.4, 0.5) is 5.69 Å². The van der Waals surface area contributed by atoms with Crippen molar-refractivity contribution in [1.29, 1.82) is 0 Å². The van der Waals surface area contributed by atoms with Crippen LogP contribution in [0.1, 0.15) is 37.4 Å². The molecule has 1 aromatic carbocycles. The molecule has 3 N–H and O–H groups in total. The molecule has 1 aliphatic carbocycles. The lowest BCUT2D eigenvalue weighted by molar-refractivity contribution is 0.106. The monoisotopic (exact) mass is 234 g/mol. The highest BCUT2D eigenvalue weighted by Gasteiger charge is 2.22. The van der Waals surface area contributed by atoms with E-state index < -0.39 is 6.10 Å². The molecule has 0 radical (unpaired) electrons. The highest BCUT2D eigenvalue weighted by molar-refractivity contribution is 5.47. The molecule has 0 heterocycles. The third kappa shape index (κ3) is 2.99. The van der Waals surface area contributed by atoms with E-state index >= 15 is 0 Å². The first-order chi connectivity index (χ1) is 8.18. The van der Waals surface area contributed by atoms with Gasteiger partial charge in [0.2, 0.25) is 0 Å². The second-order valence-corrected chi connectivity index (χ2v) is 5.02. The van der Waals surface area contributed by atoms with Crippen molar-refractivity contribution in [1.82, 2.24) is 4.90 Å². The average Bonchev–Trinajstić information content (AvgIpc) is 2.82. The number of aliphatic hydroxyl groups excluding tert-OH is 1. The minimum absolute atomic E-state index is 0.484. The van der Waals surface area contributed by atoms with Gasteiger partial charge in [-0.05, 0) is 26.0 Å². The van der Waals surface area contributed by atoms with E-state index in [0.29, 0.717) is 18.3 Å². The van der Waals surface area contributed by atoms with Crippen molar-refractivity contribution < 1.29 is 5.11 Å². The maximum absolute atomic E-state index is 10.2. The minimum Gasteiger partial charge on any atom is -0.398 e. The Morgan fingerprint density at radius 1 is 1.35 bits per heavy atom. The zero-order valence-corrected chi connectivity index (χ0v) is 10.5. The van der Waals surface area contributed by atoms with E-state index in [-0.39, 0.29) is 0 Å². The topological polar surface area (TPSA) is 49.5 Å². The molecule has 0 bridgehead atoms. The summed E-state index contributed by atoms with van der Waals surface area (Å²) in [7, 11) is 2.10. The smallest absolute Gasteiger partial charge is 0.0936 e. The lowest BCUT2D eigenvalue weighted by atomic mass is 10.1. The highest BCUT2D eigenvalue weighted by atomic mass is 16.3. The fraction of sp³-hybridized carbons (Fsp3) is 0.571. The Morgan fingerprint density at radius 3 is 2.65 bits per heavy atom. The van der Waals surface area contributed by atoms with Crippen LogP contribution in [0.3, 0.4) is 0 Å². The number of benzene rings is 1. The summed E-state index contributed by atoms with van der Waals surface area (Å²) in [6.45, 7) is 0.666. The van der Waals surface area contributed by atoms with Crippen LogP contribution in [-0.2, 0) is 0 Å². The van der Waals surface area contributed by atoms with Gasteiger partial charge in [-0.25, -0.2) is 0 Å². The zero-order valence-electron chi connectivity index (χ0n) is 10.5. The SMILES string of the molecule is CN(CC(O)c1ccccc1N)C1CCCC1. The van der Waals surface area contributed by atoms with E-state index in [1.54, 1.807) is 0 Å². The molecular weight excluding hydrogens is 212 g/mol. The van der Waals surface area contributed by atoms with Crippen molar-refractivity contribution in [3.8, 4) is 0 Å². The normalized spacial score (nSPS) is 18.8. The van der Waals surface area contributed by atoms with Gasteiger partial charge in [0.15, 0.2) is 0 Å². The summed E-state index contributed by atoms with van der Waals surface area (Å²) >= 11 is 0. The van der Waals surface area contributed by atoms with Gasteiger partial charge < -0.3 is 15.7 Å². The molecular formula is C14H22N2O. The second kappa shape index (κ2) is 5.52. The molecule has 1 fully saturated rings. The molecule has 0 saturated heterocycles. The van der Waals surface area contributed by atoms with Crippen molar-refractivity contribution in [2.45, 2.75) is 37.8 Å². The number of anilines is 1. The molecule has 0 amide bonds. The first-order valence-electron chi connectivity index (χ1n) is 6.41. The van der Waals surface area contributed by atoms with E-state index in [9.17, 15) is 5.11 Å². The Labute approximate surface area is 103 Å². The maximum Gasteiger partial charge on any atom is 0.0936 e. The number of para-hydroxylation sites is 1. The predicted molar refractivity (Wildman–Crippen MR) is 70.7 cm³/mol. The number of nitrogen functional groups attached to an aromatic ring is 1. The average molecular weight is 234 g/mol. The fourth-order valence-electron chi connectivity index (χ4n) is 2.68. The van der Waals surface area contributed by atoms with E-state index in [1.165, 1.54) is 25.7 Å². The van der Waals surface area contributed by atoms with E-state index in [1.807, 2.05) is 24.3 Å². The van der Waals surface area contributed by atoms with Gasteiger partial charge in [-0.2, -0.15) is 0 Å². The van der Waals surface area contributed by atoms with Gasteiger partial charge in [0, 0.05) is 23.8 Å². The number of rotatable bonds is 4. The molecule has 0 spiro atoms. The lowest BCUT2D eigenvalue weighted by Crippen LogP contribution is -2.33. The van der Waals surface area contributed by atoms with Gasteiger partial charge in [0.05, 0.1) is 6.10 Å². The third-order valence-corrected chi connectivity index (χ3v) is 3.76. The molecule has 0 aromatic heterocycles. The maximum atomic E-state index is 10.2. The molecule has 94 valence electrons. The first-order valence-corrected chi connectivity index (χ1v) is 6.41. The van der Waals surface area contributed by atoms with Crippen LogP contribution in [0.5, 0.6) is 0 Å². The molecule has 3 nitrogen and oxygen atoms in total. The Kier molecular flexibility index (Phi) is 4.02. The van der Waals surface area contributed by atoms with Crippen LogP contribution in [0.15, 0.2) is 24.3 Å². The molecule has 0 aliphatic heterocycles. The summed E-state index contributed by atoms with van der Waals surface area (Å²) in [6, 6.07) is 8.20. The summed E-state index contributed by atoms with van der Waals surface area (Å²) in [5.41, 5.74) is 7.40. The van der Waals surface area contributed by atoms with Crippen LogP contribution in [0.25, 0.3) is 0 Å². The number of nitrogens with zero attached hydrogens (tertiary/aromatic N) is 1. The molecule has 3 heteroatoms. The number of nitrogens with two attached hydrogens (primary N) is 1. The van der Waals surface area contributed by atoms with Gasteiger partial charge in [-0.3, -0.25) is 0 Å². The van der Waals surface area contributed by atoms with Gasteiger partial charge in [-0.1, -0.05) is 31.0 Å². The summed E-state index contributed by atoms with van der Waals surface area (Å²) in [5, 5.41) is 10.2. The quantitative estimate of drug-likeness (QED) is 0.785. The van der Waals surface area contributed by atoms with Crippen molar-refractivity contribution in [3.05, 3.63) is 29.8 Å². The van der Waals surface area contributed by atoms with Crippen LogP contribution < -0.4 is 5.73 Å². The number of hydrogen-bond donors (Lipinski definition) is 2. The van der Waals surface area contributed by atoms with E-state index in [4.69, 9.17) is 5.73 Å². The Hall–Kier alpha value is -1.06. The van der Waals surface area contributed by atoms with Gasteiger partial charge >= 0.3 is 0 Å². The van der Waals surface area contributed by atoms with Crippen LogP contribution in [0.2, 0.25) is 0 Å². The summed E-state index contributed by atoms with van der Waals surface area (Å²) in [6.07, 6.45) is 4.67. The number of aliphatic hydroxyl groups is 1. The molecule has 1 atom stereocenters. The van der Waals surface area contributed by atoms with Crippen LogP contribution in [-0.4, -0.2) is 29.6 Å². The molecule has 1 aromatic rings. The van der Waals surface area contributed by atoms with Crippen molar-refractivity contribution in [2.75, 3.05) is 19.3 Å². The van der Waals surface area contributed by atoms with Crippen molar-refractivity contribution in [3.63, 3.8) is 0 Å². The Bertz CT molecular complexity index is 361. The van der Waals surface area contributed by atoms with Crippen LogP contribution >= 0.6 is 0 Å². The summed E-state index contributed by atoms with van der Waals surface area (Å²) < 4.78 is 0. The van der Waals surface area contributed by atoms with Gasteiger partial charge in [-0.15, -0.1) is 0 Å². The largest absolute Gasteiger partial charge is 0.398 e. The predicted octanol–water partition coefficient (Wildman–Crippen LogP) is 2.18. The van der Waals surface area contributed by atoms with Crippen LogP contribution in [0, 0.1) is 0 Å². The standard InChI is InChI=1S/C14H22N2O/c1-16(11-6-2-3-7-11)10-14(17)12-8-4-5-9-13(12)15/h4-5,8-9,11,14,17H,2-3,6-7,10,15H2,1H3. The zero-order chi connectivity index (χ0) is 12.3. The number of hydrogen-bond acceptors (Lipinski definition) is 3. The molecule has 1 unspecified atom stereocenters. The number of likely N-dealkylation sites (N-methyl/N-ethyl adjacent to an activating group) is 1. The molecule has 17 heavy (non-hydrogen) atoms. The third-order valence-electron chi connectivity index (χ3n) is 3.76. The molecule has 2 rings (SSSR count). The molecule has 1 aliphatic rings. The second-order valence-electron chi connectivity index (χ2n) is 5.02. The Balaban J connectivity index is 1.96. The Morgan fingerprint density at radius 2 is 2.00 bits per heavy atom. The lowest BCUT2D eigenvalue weighted by Gasteiger charge is -2.27.